The summed E-state index contributed by atoms with van der Waals surface area (Å²) < 4.78 is 20.8. The van der Waals surface area contributed by atoms with Crippen LogP contribution in [0.1, 0.15) is 48.3 Å². The number of methoxy groups -OCH3 is 2. The van der Waals surface area contributed by atoms with E-state index in [0.29, 0.717) is 48.1 Å². The van der Waals surface area contributed by atoms with E-state index in [0.717, 1.165) is 29.7 Å². The molecule has 1 amide bonds. The second-order valence-corrected chi connectivity index (χ2v) is 8.49. The second-order valence-electron chi connectivity index (χ2n) is 8.49. The van der Waals surface area contributed by atoms with Crippen molar-refractivity contribution < 1.29 is 28.5 Å². The van der Waals surface area contributed by atoms with E-state index in [-0.39, 0.29) is 18.2 Å². The molecule has 0 spiro atoms. The fourth-order valence-electron chi connectivity index (χ4n) is 4.50. The Hall–Kier alpha value is -3.69. The van der Waals surface area contributed by atoms with E-state index >= 15 is 0 Å². The van der Waals surface area contributed by atoms with E-state index in [4.69, 9.17) is 14.2 Å². The minimum absolute atomic E-state index is 0.176. The number of hydrogen-bond acceptors (Lipinski definition) is 6. The van der Waals surface area contributed by atoms with Crippen LogP contribution >= 0.6 is 0 Å². The van der Waals surface area contributed by atoms with Gasteiger partial charge in [0.15, 0.2) is 22.9 Å². The van der Waals surface area contributed by atoms with E-state index in [1.54, 1.807) is 37.2 Å². The Balaban J connectivity index is 1.34. The molecule has 2 aliphatic rings. The summed E-state index contributed by atoms with van der Waals surface area (Å²) in [6.07, 6.45) is 10.8. The predicted octanol–water partition coefficient (Wildman–Crippen LogP) is 3.05. The van der Waals surface area contributed by atoms with E-state index in [2.05, 4.69) is 5.32 Å². The van der Waals surface area contributed by atoms with Crippen molar-refractivity contribution in [2.45, 2.75) is 38.6 Å². The van der Waals surface area contributed by atoms with Crippen LogP contribution < -0.4 is 14.8 Å². The number of allylic oxidation sites excluding steroid dienone is 2. The predicted molar refractivity (Wildman–Crippen MR) is 125 cm³/mol. The van der Waals surface area contributed by atoms with Crippen LogP contribution in [0.15, 0.2) is 30.2 Å². The molecule has 10 heteroatoms. The first-order valence-corrected chi connectivity index (χ1v) is 11.4. The zero-order valence-electron chi connectivity index (χ0n) is 19.7. The lowest BCUT2D eigenvalue weighted by Gasteiger charge is -2.20. The maximum Gasteiger partial charge on any atom is 0.354 e. The van der Waals surface area contributed by atoms with E-state index < -0.39 is 5.97 Å². The van der Waals surface area contributed by atoms with Crippen LogP contribution in [-0.4, -0.2) is 52.8 Å². The summed E-state index contributed by atoms with van der Waals surface area (Å²) >= 11 is 0. The van der Waals surface area contributed by atoms with Gasteiger partial charge in [-0.05, 0) is 37.8 Å². The SMILES string of the molecule is COC(=O)c1cc(NC(=O)CCCOc2cn3c(c2OC)C=[N+]([O-])C2=CCCCC2C3)cn1C. The Morgan fingerprint density at radius 1 is 1.29 bits per heavy atom. The number of ether oxygens (including phenoxy) is 3. The Morgan fingerprint density at radius 3 is 2.88 bits per heavy atom. The number of carbonyl (C=O) groups is 2. The number of amides is 1. The molecule has 0 saturated carbocycles. The van der Waals surface area contributed by atoms with Gasteiger partial charge < -0.3 is 33.9 Å². The summed E-state index contributed by atoms with van der Waals surface area (Å²) in [4.78, 5) is 24.0. The van der Waals surface area contributed by atoms with Crippen molar-refractivity contribution in [3.63, 3.8) is 0 Å². The van der Waals surface area contributed by atoms with Crippen LogP contribution in [0.3, 0.4) is 0 Å². The van der Waals surface area contributed by atoms with Crippen LogP contribution in [0.25, 0.3) is 0 Å². The number of nitrogens with one attached hydrogen (secondary N) is 1. The molecule has 1 atom stereocenters. The quantitative estimate of drug-likeness (QED) is 0.275. The third-order valence-electron chi connectivity index (χ3n) is 6.17. The Bertz CT molecular complexity index is 1140. The van der Waals surface area contributed by atoms with E-state index in [1.165, 1.54) is 7.11 Å². The molecule has 0 aromatic carbocycles. The minimum Gasteiger partial charge on any atom is -0.618 e. The zero-order chi connectivity index (χ0) is 24.2. The van der Waals surface area contributed by atoms with Crippen LogP contribution in [0.2, 0.25) is 0 Å². The van der Waals surface area contributed by atoms with Gasteiger partial charge in [0.2, 0.25) is 12.1 Å². The Morgan fingerprint density at radius 2 is 2.12 bits per heavy atom. The van der Waals surface area contributed by atoms with Crippen molar-refractivity contribution in [1.82, 2.24) is 9.13 Å². The second kappa shape index (κ2) is 10.1. The maximum absolute atomic E-state index is 12.7. The largest absolute Gasteiger partial charge is 0.618 e. The first-order chi connectivity index (χ1) is 16.4. The highest BCUT2D eigenvalue weighted by atomic mass is 16.5. The molecule has 1 unspecified atom stereocenters. The van der Waals surface area contributed by atoms with Crippen molar-refractivity contribution in [2.24, 2.45) is 13.0 Å². The Labute approximate surface area is 198 Å². The highest BCUT2D eigenvalue weighted by molar-refractivity contribution is 5.94. The summed E-state index contributed by atoms with van der Waals surface area (Å²) in [7, 11) is 4.57. The first kappa shape index (κ1) is 23.5. The molecule has 1 aliphatic heterocycles. The molecule has 0 radical (unpaired) electrons. The Kier molecular flexibility index (Phi) is 6.95. The van der Waals surface area contributed by atoms with Crippen LogP contribution in [-0.2, 0) is 23.1 Å². The smallest absolute Gasteiger partial charge is 0.354 e. The third kappa shape index (κ3) is 4.80. The molecule has 2 aromatic heterocycles. The highest BCUT2D eigenvalue weighted by Crippen LogP contribution is 2.37. The van der Waals surface area contributed by atoms with Gasteiger partial charge in [-0.3, -0.25) is 4.79 Å². The standard InChI is InChI=1S/C24H30N4O6/c1-26-13-17(11-19(26)24(30)33-3)25-22(29)9-6-10-34-21-15-27-12-16-7-4-5-8-18(16)28(31)14-20(27)23(21)32-2/h8,11,13-16H,4-7,9-10,12H2,1-3H3,(H,25,29). The molecule has 182 valence electrons. The fourth-order valence-corrected chi connectivity index (χ4v) is 4.50. The average molecular weight is 471 g/mol. The number of fused-ring (bicyclic) bond motifs is 2. The number of aromatic nitrogens is 2. The molecule has 2 aromatic rings. The topological polar surface area (TPSA) is 110 Å². The summed E-state index contributed by atoms with van der Waals surface area (Å²) in [6.45, 7) is 1.01. The lowest BCUT2D eigenvalue weighted by molar-refractivity contribution is -0.406. The van der Waals surface area contributed by atoms with Gasteiger partial charge in [0, 0.05) is 26.2 Å². The summed E-state index contributed by atoms with van der Waals surface area (Å²) in [6, 6.07) is 1.57. The molecule has 4 rings (SSSR count). The lowest BCUT2D eigenvalue weighted by Crippen LogP contribution is -2.18. The van der Waals surface area contributed by atoms with Crippen molar-refractivity contribution in [3.05, 3.63) is 46.8 Å². The molecule has 3 heterocycles. The number of esters is 1. The van der Waals surface area contributed by atoms with Crippen LogP contribution in [0.5, 0.6) is 11.5 Å². The molecule has 34 heavy (non-hydrogen) atoms. The third-order valence-corrected chi connectivity index (χ3v) is 6.17. The normalized spacial score (nSPS) is 17.0. The van der Waals surface area contributed by atoms with Gasteiger partial charge in [0.05, 0.1) is 38.6 Å². The molecule has 0 fully saturated rings. The van der Waals surface area contributed by atoms with Gasteiger partial charge in [-0.25, -0.2) is 4.79 Å². The number of hydrogen-bond donors (Lipinski definition) is 1. The molecule has 0 saturated heterocycles. The number of aryl methyl sites for hydroxylation is 1. The van der Waals surface area contributed by atoms with Crippen LogP contribution in [0.4, 0.5) is 5.69 Å². The van der Waals surface area contributed by atoms with Gasteiger partial charge in [-0.2, -0.15) is 4.74 Å². The molecule has 1 aliphatic carbocycles. The number of hydroxylamine groups is 1. The fraction of sp³-hybridized carbons (Fsp3) is 0.458. The summed E-state index contributed by atoms with van der Waals surface area (Å²) in [5.74, 6) is 0.595. The number of rotatable bonds is 8. The van der Waals surface area contributed by atoms with Crippen LogP contribution in [0, 0.1) is 11.1 Å². The van der Waals surface area contributed by atoms with E-state index in [1.807, 2.05) is 16.8 Å². The van der Waals surface area contributed by atoms with Gasteiger partial charge in [-0.15, -0.1) is 0 Å². The lowest BCUT2D eigenvalue weighted by atomic mass is 9.92. The van der Waals surface area contributed by atoms with Gasteiger partial charge in [-0.1, -0.05) is 0 Å². The van der Waals surface area contributed by atoms with Crippen molar-refractivity contribution >= 4 is 23.8 Å². The molecule has 0 bridgehead atoms. The number of carbonyl (C=O) groups excluding carboxylic acids is 2. The van der Waals surface area contributed by atoms with Crippen molar-refractivity contribution in [1.29, 1.82) is 0 Å². The summed E-state index contributed by atoms with van der Waals surface area (Å²) in [5.41, 5.74) is 2.39. The summed E-state index contributed by atoms with van der Waals surface area (Å²) in [5, 5.41) is 15.4. The van der Waals surface area contributed by atoms with Gasteiger partial charge in [0.25, 0.3) is 0 Å². The molecule has 1 N–H and O–H groups in total. The molecule has 10 nitrogen and oxygen atoms in total. The average Bonchev–Trinajstić information content (AvgIpc) is 3.31. The molecular weight excluding hydrogens is 440 g/mol. The van der Waals surface area contributed by atoms with E-state index in [9.17, 15) is 14.8 Å². The first-order valence-electron chi connectivity index (χ1n) is 11.4. The van der Waals surface area contributed by atoms with Gasteiger partial charge in [0.1, 0.15) is 5.69 Å². The van der Waals surface area contributed by atoms with Crippen molar-refractivity contribution in [2.75, 3.05) is 26.1 Å². The number of anilines is 1. The van der Waals surface area contributed by atoms with Gasteiger partial charge >= 0.3 is 5.97 Å². The zero-order valence-corrected chi connectivity index (χ0v) is 19.7. The maximum atomic E-state index is 12.7. The minimum atomic E-state index is -0.468. The molecular formula is C24H30N4O6. The monoisotopic (exact) mass is 470 g/mol. The number of nitrogens with zero attached hydrogens (tertiary/aromatic N) is 3. The highest BCUT2D eigenvalue weighted by Gasteiger charge is 2.31. The van der Waals surface area contributed by atoms with Crippen molar-refractivity contribution in [3.8, 4) is 11.5 Å².